The molecule has 2 rings (SSSR count). The normalized spacial score (nSPS) is 10.3. The number of pyridine rings is 1. The van der Waals surface area contributed by atoms with Crippen molar-refractivity contribution >= 4 is 28.9 Å². The Kier molecular flexibility index (Phi) is 3.47. The van der Waals surface area contributed by atoms with Crippen molar-refractivity contribution in [2.75, 3.05) is 11.1 Å². The molecule has 3 N–H and O–H groups in total. The second-order valence-corrected chi connectivity index (χ2v) is 3.98. The van der Waals surface area contributed by atoms with Crippen molar-refractivity contribution in [1.82, 2.24) is 14.8 Å². The molecule has 0 spiro atoms. The highest BCUT2D eigenvalue weighted by Crippen LogP contribution is 2.21. The van der Waals surface area contributed by atoms with Crippen LogP contribution < -0.4 is 11.1 Å². The lowest BCUT2D eigenvalue weighted by Gasteiger charge is -2.08. The Morgan fingerprint density at radius 1 is 1.56 bits per heavy atom. The highest BCUT2D eigenvalue weighted by molar-refractivity contribution is 6.33. The number of amides is 1. The molecule has 7 heteroatoms. The highest BCUT2D eigenvalue weighted by atomic mass is 35.5. The molecule has 94 valence electrons. The maximum absolute atomic E-state index is 12.1. The highest BCUT2D eigenvalue weighted by Gasteiger charge is 2.17. The summed E-state index contributed by atoms with van der Waals surface area (Å²) in [6.45, 7) is 2.43. The van der Waals surface area contributed by atoms with E-state index in [0.717, 1.165) is 0 Å². The topological polar surface area (TPSA) is 85.8 Å². The van der Waals surface area contributed by atoms with Crippen LogP contribution in [-0.2, 0) is 6.54 Å². The van der Waals surface area contributed by atoms with Crippen LogP contribution in [0.1, 0.15) is 17.4 Å². The van der Waals surface area contributed by atoms with E-state index in [4.69, 9.17) is 17.3 Å². The second kappa shape index (κ2) is 5.05. The molecule has 0 fully saturated rings. The Hall–Kier alpha value is -2.08. The van der Waals surface area contributed by atoms with Gasteiger partial charge in [0.05, 0.1) is 28.8 Å². The lowest BCUT2D eigenvalue weighted by atomic mass is 10.3. The minimum atomic E-state index is -0.359. The van der Waals surface area contributed by atoms with Crippen LogP contribution in [0.2, 0.25) is 5.02 Å². The molecule has 2 heterocycles. The molecule has 0 aromatic carbocycles. The van der Waals surface area contributed by atoms with Gasteiger partial charge >= 0.3 is 0 Å². The van der Waals surface area contributed by atoms with Crippen molar-refractivity contribution in [1.29, 1.82) is 0 Å². The van der Waals surface area contributed by atoms with Gasteiger partial charge in [-0.1, -0.05) is 11.6 Å². The first-order chi connectivity index (χ1) is 8.63. The molecular formula is C11H12ClN5O. The first kappa shape index (κ1) is 12.4. The molecule has 0 aliphatic heterocycles. The Labute approximate surface area is 109 Å². The van der Waals surface area contributed by atoms with Gasteiger partial charge in [-0.15, -0.1) is 0 Å². The number of aryl methyl sites for hydroxylation is 1. The van der Waals surface area contributed by atoms with Crippen molar-refractivity contribution < 1.29 is 4.79 Å². The first-order valence-electron chi connectivity index (χ1n) is 5.35. The number of carbonyl (C=O) groups excluding carboxylic acids is 1. The van der Waals surface area contributed by atoms with Gasteiger partial charge in [-0.25, -0.2) is 0 Å². The summed E-state index contributed by atoms with van der Waals surface area (Å²) in [7, 11) is 0. The number of anilines is 2. The number of nitrogens with zero attached hydrogens (tertiary/aromatic N) is 3. The Bertz CT molecular complexity index is 581. The summed E-state index contributed by atoms with van der Waals surface area (Å²) in [5.41, 5.74) is 6.80. The first-order valence-corrected chi connectivity index (χ1v) is 5.73. The summed E-state index contributed by atoms with van der Waals surface area (Å²) in [4.78, 5) is 16.0. The summed E-state index contributed by atoms with van der Waals surface area (Å²) in [6, 6.07) is 1.59. The zero-order chi connectivity index (χ0) is 13.1. The fraction of sp³-hybridized carbons (Fsp3) is 0.182. The van der Waals surface area contributed by atoms with Crippen LogP contribution in [0.5, 0.6) is 0 Å². The molecule has 6 nitrogen and oxygen atoms in total. The van der Waals surface area contributed by atoms with Crippen LogP contribution in [0.25, 0.3) is 0 Å². The lowest BCUT2D eigenvalue weighted by Crippen LogP contribution is -2.19. The summed E-state index contributed by atoms with van der Waals surface area (Å²) < 4.78 is 1.52. The largest absolute Gasteiger partial charge is 0.396 e. The van der Waals surface area contributed by atoms with Crippen LogP contribution in [0.3, 0.4) is 0 Å². The minimum absolute atomic E-state index is 0.317. The zero-order valence-corrected chi connectivity index (χ0v) is 10.5. The Morgan fingerprint density at radius 2 is 2.33 bits per heavy atom. The number of rotatable bonds is 3. The van der Waals surface area contributed by atoms with Gasteiger partial charge in [0, 0.05) is 12.7 Å². The number of halogens is 1. The van der Waals surface area contributed by atoms with Crippen LogP contribution in [-0.4, -0.2) is 20.7 Å². The fourth-order valence-corrected chi connectivity index (χ4v) is 1.69. The molecule has 2 aromatic rings. The standard InChI is InChI=1S/C11H12ClN5O/c1-2-17-10(8(13)5-15-17)11(18)16-9-6-14-4-3-7(9)12/h3-6H,2,13H2,1H3,(H,16,18). The molecule has 0 bridgehead atoms. The Morgan fingerprint density at radius 3 is 3.00 bits per heavy atom. The molecule has 2 aromatic heterocycles. The number of hydrogen-bond donors (Lipinski definition) is 2. The van der Waals surface area contributed by atoms with Crippen molar-refractivity contribution in [3.63, 3.8) is 0 Å². The molecular weight excluding hydrogens is 254 g/mol. The van der Waals surface area contributed by atoms with Gasteiger partial charge in [0.25, 0.3) is 5.91 Å². The fourth-order valence-electron chi connectivity index (χ4n) is 1.54. The van der Waals surface area contributed by atoms with E-state index in [-0.39, 0.29) is 5.91 Å². The SMILES string of the molecule is CCn1ncc(N)c1C(=O)Nc1cnccc1Cl. The summed E-state index contributed by atoms with van der Waals surface area (Å²) in [5, 5.41) is 7.07. The number of nitrogens with one attached hydrogen (secondary N) is 1. The maximum Gasteiger partial charge on any atom is 0.276 e. The summed E-state index contributed by atoms with van der Waals surface area (Å²) in [6.07, 6.45) is 4.47. The third-order valence-electron chi connectivity index (χ3n) is 2.40. The van der Waals surface area contributed by atoms with Gasteiger partial charge in [0.1, 0.15) is 5.69 Å². The molecule has 0 radical (unpaired) electrons. The van der Waals surface area contributed by atoms with Gasteiger partial charge in [-0.2, -0.15) is 5.10 Å². The van der Waals surface area contributed by atoms with E-state index < -0.39 is 0 Å². The van der Waals surface area contributed by atoms with Crippen LogP contribution in [0, 0.1) is 0 Å². The van der Waals surface area contributed by atoms with Crippen molar-refractivity contribution in [3.05, 3.63) is 35.4 Å². The smallest absolute Gasteiger partial charge is 0.276 e. The van der Waals surface area contributed by atoms with Gasteiger partial charge in [0.15, 0.2) is 0 Å². The number of nitrogens with two attached hydrogens (primary N) is 1. The van der Waals surface area contributed by atoms with Crippen LogP contribution in [0.15, 0.2) is 24.7 Å². The van der Waals surface area contributed by atoms with Crippen molar-refractivity contribution in [3.8, 4) is 0 Å². The van der Waals surface area contributed by atoms with E-state index in [1.165, 1.54) is 17.1 Å². The van der Waals surface area contributed by atoms with E-state index in [2.05, 4.69) is 15.4 Å². The molecule has 0 aliphatic rings. The van der Waals surface area contributed by atoms with Crippen molar-refractivity contribution in [2.45, 2.75) is 13.5 Å². The number of aromatic nitrogens is 3. The third-order valence-corrected chi connectivity index (χ3v) is 2.73. The average Bonchev–Trinajstić information content (AvgIpc) is 2.73. The van der Waals surface area contributed by atoms with Gasteiger partial charge in [-0.3, -0.25) is 14.5 Å². The molecule has 0 saturated carbocycles. The van der Waals surface area contributed by atoms with Crippen molar-refractivity contribution in [2.24, 2.45) is 0 Å². The summed E-state index contributed by atoms with van der Waals surface area (Å²) in [5.74, 6) is -0.359. The molecule has 0 saturated heterocycles. The molecule has 0 aliphatic carbocycles. The van der Waals surface area contributed by atoms with Gasteiger partial charge in [-0.05, 0) is 13.0 Å². The van der Waals surface area contributed by atoms with E-state index in [0.29, 0.717) is 28.6 Å². The van der Waals surface area contributed by atoms with Crippen LogP contribution >= 0.6 is 11.6 Å². The van der Waals surface area contributed by atoms with Gasteiger partial charge in [0.2, 0.25) is 0 Å². The zero-order valence-electron chi connectivity index (χ0n) is 9.72. The van der Waals surface area contributed by atoms with E-state index >= 15 is 0 Å². The van der Waals surface area contributed by atoms with E-state index in [1.54, 1.807) is 12.3 Å². The quantitative estimate of drug-likeness (QED) is 0.886. The number of carbonyl (C=O) groups is 1. The molecule has 18 heavy (non-hydrogen) atoms. The molecule has 1 amide bonds. The average molecular weight is 266 g/mol. The number of hydrogen-bond acceptors (Lipinski definition) is 4. The Balaban J connectivity index is 2.28. The van der Waals surface area contributed by atoms with Gasteiger partial charge < -0.3 is 11.1 Å². The van der Waals surface area contributed by atoms with E-state index in [1.807, 2.05) is 6.92 Å². The van der Waals surface area contributed by atoms with Crippen LogP contribution in [0.4, 0.5) is 11.4 Å². The second-order valence-electron chi connectivity index (χ2n) is 3.57. The summed E-state index contributed by atoms with van der Waals surface area (Å²) >= 11 is 5.93. The molecule has 0 unspecified atom stereocenters. The molecule has 0 atom stereocenters. The van der Waals surface area contributed by atoms with E-state index in [9.17, 15) is 4.79 Å². The predicted molar refractivity (Wildman–Crippen MR) is 69.5 cm³/mol. The third kappa shape index (κ3) is 2.28. The predicted octanol–water partition coefficient (Wildman–Crippen LogP) is 1.79. The number of nitrogen functional groups attached to an aromatic ring is 1. The lowest BCUT2D eigenvalue weighted by molar-refractivity contribution is 0.101. The monoisotopic (exact) mass is 265 g/mol. The maximum atomic E-state index is 12.1. The minimum Gasteiger partial charge on any atom is -0.396 e.